The number of benzene rings is 3. The Hall–Kier alpha value is -3.13. The smallest absolute Gasteiger partial charge is 0.320 e. The third-order valence-electron chi connectivity index (χ3n) is 4.25. The SMILES string of the molecule is Cc1ccc2cc(C(=O)Nc3ccc(Cl)cc3N3NNNC3=O)ccc2c1. The van der Waals surface area contributed by atoms with Crippen LogP contribution in [-0.2, 0) is 0 Å². The van der Waals surface area contributed by atoms with Crippen molar-refractivity contribution >= 4 is 45.7 Å². The van der Waals surface area contributed by atoms with Gasteiger partial charge in [-0.25, -0.2) is 9.80 Å². The van der Waals surface area contributed by atoms with Crippen LogP contribution in [0.15, 0.2) is 54.6 Å². The maximum Gasteiger partial charge on any atom is 0.353 e. The molecular formula is C19H16ClN5O2. The summed E-state index contributed by atoms with van der Waals surface area (Å²) in [5.74, 6) is -0.284. The van der Waals surface area contributed by atoms with Crippen molar-refractivity contribution in [2.45, 2.75) is 6.92 Å². The van der Waals surface area contributed by atoms with E-state index in [4.69, 9.17) is 11.6 Å². The molecule has 0 unspecified atom stereocenters. The van der Waals surface area contributed by atoms with Gasteiger partial charge in [0.05, 0.1) is 11.4 Å². The van der Waals surface area contributed by atoms with E-state index in [9.17, 15) is 9.59 Å². The lowest BCUT2D eigenvalue weighted by molar-refractivity contribution is 0.102. The molecule has 1 aliphatic rings. The van der Waals surface area contributed by atoms with Crippen LogP contribution in [0.3, 0.4) is 0 Å². The van der Waals surface area contributed by atoms with Gasteiger partial charge in [0.15, 0.2) is 0 Å². The summed E-state index contributed by atoms with van der Waals surface area (Å²) < 4.78 is 0. The molecule has 0 spiro atoms. The van der Waals surface area contributed by atoms with E-state index in [-0.39, 0.29) is 5.91 Å². The fraction of sp³-hybridized carbons (Fsp3) is 0.0526. The Morgan fingerprint density at radius 2 is 1.81 bits per heavy atom. The predicted octanol–water partition coefficient (Wildman–Crippen LogP) is 3.51. The van der Waals surface area contributed by atoms with E-state index in [1.165, 1.54) is 5.01 Å². The number of urea groups is 1. The van der Waals surface area contributed by atoms with E-state index in [0.29, 0.717) is 22.0 Å². The Labute approximate surface area is 160 Å². The van der Waals surface area contributed by atoms with Crippen molar-refractivity contribution in [2.75, 3.05) is 10.3 Å². The summed E-state index contributed by atoms with van der Waals surface area (Å²) in [5.41, 5.74) is 10.1. The molecule has 1 heterocycles. The van der Waals surface area contributed by atoms with Gasteiger partial charge in [0.1, 0.15) is 0 Å². The Morgan fingerprint density at radius 1 is 1.04 bits per heavy atom. The zero-order valence-electron chi connectivity index (χ0n) is 14.3. The normalized spacial score (nSPS) is 13.7. The van der Waals surface area contributed by atoms with Gasteiger partial charge in [-0.2, -0.15) is 0 Å². The number of amides is 3. The number of nitrogens with one attached hydrogen (secondary N) is 4. The van der Waals surface area contributed by atoms with Gasteiger partial charge in [-0.3, -0.25) is 10.2 Å². The van der Waals surface area contributed by atoms with Gasteiger partial charge in [-0.05, 0) is 48.0 Å². The number of aryl methyl sites for hydroxylation is 1. The first-order valence-corrected chi connectivity index (χ1v) is 8.61. The molecule has 1 aliphatic heterocycles. The van der Waals surface area contributed by atoms with Crippen molar-refractivity contribution in [3.05, 3.63) is 70.7 Å². The molecule has 0 aliphatic carbocycles. The van der Waals surface area contributed by atoms with Crippen LogP contribution >= 0.6 is 11.6 Å². The standard InChI is InChI=1S/C19H16ClN5O2/c1-11-2-3-13-9-14(5-4-12(13)8-11)18(26)21-16-7-6-15(20)10-17(16)25-19(27)22-23-24-25/h2-10,23-24H,1H3,(H,21,26)(H,22,27). The number of carbonyl (C=O) groups is 2. The molecule has 0 atom stereocenters. The fourth-order valence-electron chi connectivity index (χ4n) is 2.91. The van der Waals surface area contributed by atoms with Crippen molar-refractivity contribution in [1.82, 2.24) is 16.5 Å². The van der Waals surface area contributed by atoms with Crippen LogP contribution in [0.4, 0.5) is 16.2 Å². The van der Waals surface area contributed by atoms with Crippen LogP contribution in [0.25, 0.3) is 10.8 Å². The molecule has 4 rings (SSSR count). The van der Waals surface area contributed by atoms with Gasteiger partial charge in [-0.15, -0.1) is 11.1 Å². The maximum absolute atomic E-state index is 12.8. The number of rotatable bonds is 3. The van der Waals surface area contributed by atoms with Crippen molar-refractivity contribution < 1.29 is 9.59 Å². The molecule has 0 aromatic heterocycles. The van der Waals surface area contributed by atoms with Gasteiger partial charge in [-0.1, -0.05) is 41.4 Å². The van der Waals surface area contributed by atoms with Crippen LogP contribution < -0.4 is 26.8 Å². The van der Waals surface area contributed by atoms with Crippen LogP contribution in [0.1, 0.15) is 15.9 Å². The third kappa shape index (κ3) is 3.43. The molecule has 0 bridgehead atoms. The highest BCUT2D eigenvalue weighted by molar-refractivity contribution is 6.31. The number of carbonyl (C=O) groups excluding carboxylic acids is 2. The minimum Gasteiger partial charge on any atom is -0.320 e. The van der Waals surface area contributed by atoms with E-state index >= 15 is 0 Å². The summed E-state index contributed by atoms with van der Waals surface area (Å²) in [6.45, 7) is 2.03. The average molecular weight is 382 g/mol. The maximum atomic E-state index is 12.8. The first kappa shape index (κ1) is 17.3. The van der Waals surface area contributed by atoms with Crippen molar-refractivity contribution in [3.63, 3.8) is 0 Å². The quantitative estimate of drug-likeness (QED) is 0.559. The Bertz CT molecular complexity index is 1070. The summed E-state index contributed by atoms with van der Waals surface area (Å²) in [5, 5.41) is 6.54. The van der Waals surface area contributed by atoms with E-state index in [1.54, 1.807) is 24.3 Å². The number of fused-ring (bicyclic) bond motifs is 1. The van der Waals surface area contributed by atoms with Crippen LogP contribution in [0.2, 0.25) is 5.02 Å². The molecule has 1 saturated heterocycles. The highest BCUT2D eigenvalue weighted by Gasteiger charge is 2.24. The van der Waals surface area contributed by atoms with Gasteiger partial charge in [0.2, 0.25) is 0 Å². The van der Waals surface area contributed by atoms with Crippen LogP contribution in [0.5, 0.6) is 0 Å². The monoisotopic (exact) mass is 381 g/mol. The van der Waals surface area contributed by atoms with E-state index in [1.807, 2.05) is 31.2 Å². The molecule has 1 fully saturated rings. The number of hydrazine groups is 3. The van der Waals surface area contributed by atoms with Gasteiger partial charge in [0, 0.05) is 10.6 Å². The molecule has 3 aromatic carbocycles. The second-order valence-electron chi connectivity index (χ2n) is 6.18. The molecule has 3 aromatic rings. The average Bonchev–Trinajstić information content (AvgIpc) is 3.08. The summed E-state index contributed by atoms with van der Waals surface area (Å²) in [6.07, 6.45) is 0. The lowest BCUT2D eigenvalue weighted by Crippen LogP contribution is -2.38. The van der Waals surface area contributed by atoms with Crippen LogP contribution in [0, 0.1) is 6.92 Å². The zero-order valence-corrected chi connectivity index (χ0v) is 15.1. The largest absolute Gasteiger partial charge is 0.353 e. The van der Waals surface area contributed by atoms with Crippen LogP contribution in [-0.4, -0.2) is 11.9 Å². The molecular weight excluding hydrogens is 366 g/mol. The fourth-order valence-corrected chi connectivity index (χ4v) is 3.08. The van der Waals surface area contributed by atoms with Crippen molar-refractivity contribution in [3.8, 4) is 0 Å². The topological polar surface area (TPSA) is 85.5 Å². The second kappa shape index (κ2) is 6.88. The first-order valence-electron chi connectivity index (χ1n) is 8.23. The van der Waals surface area contributed by atoms with Gasteiger partial charge < -0.3 is 5.32 Å². The molecule has 0 radical (unpaired) electrons. The predicted molar refractivity (Wildman–Crippen MR) is 105 cm³/mol. The van der Waals surface area contributed by atoms with Crippen molar-refractivity contribution in [2.24, 2.45) is 0 Å². The highest BCUT2D eigenvalue weighted by atomic mass is 35.5. The highest BCUT2D eigenvalue weighted by Crippen LogP contribution is 2.30. The van der Waals surface area contributed by atoms with Crippen molar-refractivity contribution in [1.29, 1.82) is 0 Å². The lowest BCUT2D eigenvalue weighted by atomic mass is 10.0. The van der Waals surface area contributed by atoms with Gasteiger partial charge in [0.25, 0.3) is 5.91 Å². The minimum atomic E-state index is -0.422. The molecule has 3 amide bonds. The zero-order chi connectivity index (χ0) is 19.0. The molecule has 8 heteroatoms. The number of nitrogens with zero attached hydrogens (tertiary/aromatic N) is 1. The van der Waals surface area contributed by atoms with E-state index in [0.717, 1.165) is 16.3 Å². The summed E-state index contributed by atoms with van der Waals surface area (Å²) in [4.78, 5) is 24.7. The number of halogens is 1. The van der Waals surface area contributed by atoms with E-state index < -0.39 is 6.03 Å². The summed E-state index contributed by atoms with van der Waals surface area (Å²) in [6, 6.07) is 16.0. The van der Waals surface area contributed by atoms with Gasteiger partial charge >= 0.3 is 6.03 Å². The molecule has 27 heavy (non-hydrogen) atoms. The first-order chi connectivity index (χ1) is 13.0. The molecule has 7 nitrogen and oxygen atoms in total. The lowest BCUT2D eigenvalue weighted by Gasteiger charge is -2.18. The summed E-state index contributed by atoms with van der Waals surface area (Å²) >= 11 is 6.06. The molecule has 4 N–H and O–H groups in total. The number of hydrogen-bond acceptors (Lipinski definition) is 4. The minimum absolute atomic E-state index is 0.284. The van der Waals surface area contributed by atoms with E-state index in [2.05, 4.69) is 27.9 Å². The number of anilines is 2. The Kier molecular flexibility index (Phi) is 4.41. The summed E-state index contributed by atoms with van der Waals surface area (Å²) in [7, 11) is 0. The number of hydrogen-bond donors (Lipinski definition) is 4. The third-order valence-corrected chi connectivity index (χ3v) is 4.48. The molecule has 136 valence electrons. The molecule has 0 saturated carbocycles. The Balaban J connectivity index is 1.65. The second-order valence-corrected chi connectivity index (χ2v) is 6.62. The Morgan fingerprint density at radius 3 is 2.59 bits per heavy atom.